The van der Waals surface area contributed by atoms with E-state index in [1.165, 1.54) is 10.5 Å². The SMILES string of the molecule is CC(=O)c1ccccc1.CSc1ccc(CC(C)(C)N2CCOCC2)cc1. The minimum absolute atomic E-state index is 0.121. The van der Waals surface area contributed by atoms with Crippen molar-refractivity contribution < 1.29 is 9.53 Å². The third kappa shape index (κ3) is 7.13. The van der Waals surface area contributed by atoms with Gasteiger partial charge >= 0.3 is 0 Å². The average molecular weight is 386 g/mol. The van der Waals surface area contributed by atoms with Crippen molar-refractivity contribution in [3.05, 3.63) is 65.7 Å². The molecule has 3 rings (SSSR count). The molecular formula is C23H31NO2S. The number of nitrogens with zero attached hydrogens (tertiary/aromatic N) is 1. The summed E-state index contributed by atoms with van der Waals surface area (Å²) in [6.07, 6.45) is 3.22. The predicted octanol–water partition coefficient (Wildman–Crippen LogP) is 4.95. The minimum atomic E-state index is 0.121. The number of hydrogen-bond acceptors (Lipinski definition) is 4. The van der Waals surface area contributed by atoms with Crippen LogP contribution >= 0.6 is 11.8 Å². The van der Waals surface area contributed by atoms with E-state index >= 15 is 0 Å². The van der Waals surface area contributed by atoms with Gasteiger partial charge in [0.15, 0.2) is 5.78 Å². The standard InChI is InChI=1S/C15H23NOS.C8H8O/c1-15(2,16-8-10-17-11-9-16)12-13-4-6-14(18-3)7-5-13;1-7(9)8-5-3-2-4-6-8/h4-7H,8-12H2,1-3H3;2-6H,1H3. The number of carbonyl (C=O) groups excluding carboxylic acids is 1. The Balaban J connectivity index is 0.000000244. The summed E-state index contributed by atoms with van der Waals surface area (Å²) in [6, 6.07) is 18.2. The molecule has 146 valence electrons. The molecule has 0 saturated carbocycles. The normalized spacial score (nSPS) is 15.0. The van der Waals surface area contributed by atoms with E-state index in [4.69, 9.17) is 4.74 Å². The van der Waals surface area contributed by atoms with Crippen LogP contribution in [0.1, 0.15) is 36.7 Å². The fraction of sp³-hybridized carbons (Fsp3) is 0.435. The molecule has 1 aliphatic rings. The highest BCUT2D eigenvalue weighted by atomic mass is 32.2. The molecule has 0 unspecified atom stereocenters. The van der Waals surface area contributed by atoms with Gasteiger partial charge in [-0.25, -0.2) is 0 Å². The summed E-state index contributed by atoms with van der Waals surface area (Å²) in [7, 11) is 0. The highest BCUT2D eigenvalue weighted by molar-refractivity contribution is 7.98. The number of hydrogen-bond donors (Lipinski definition) is 0. The predicted molar refractivity (Wildman–Crippen MR) is 115 cm³/mol. The van der Waals surface area contributed by atoms with Gasteiger partial charge in [-0.1, -0.05) is 42.5 Å². The molecule has 0 N–H and O–H groups in total. The molecule has 0 aliphatic carbocycles. The molecular weight excluding hydrogens is 354 g/mol. The lowest BCUT2D eigenvalue weighted by atomic mass is 9.92. The van der Waals surface area contributed by atoms with Crippen molar-refractivity contribution in [1.29, 1.82) is 0 Å². The fourth-order valence-electron chi connectivity index (χ4n) is 3.20. The summed E-state index contributed by atoms with van der Waals surface area (Å²) in [4.78, 5) is 14.5. The van der Waals surface area contributed by atoms with Crippen LogP contribution in [0.15, 0.2) is 59.5 Å². The second kappa shape index (κ2) is 10.6. The maximum absolute atomic E-state index is 10.6. The molecule has 1 aliphatic heterocycles. The van der Waals surface area contributed by atoms with E-state index in [1.54, 1.807) is 18.7 Å². The van der Waals surface area contributed by atoms with Crippen LogP contribution < -0.4 is 0 Å². The van der Waals surface area contributed by atoms with Gasteiger partial charge in [0.25, 0.3) is 0 Å². The first-order chi connectivity index (χ1) is 12.9. The molecule has 2 aromatic rings. The molecule has 27 heavy (non-hydrogen) atoms. The first kappa shape index (κ1) is 21.7. The zero-order valence-corrected chi connectivity index (χ0v) is 17.7. The van der Waals surface area contributed by atoms with Crippen LogP contribution in [-0.4, -0.2) is 48.8 Å². The maximum atomic E-state index is 10.6. The number of thioether (sulfide) groups is 1. The Morgan fingerprint density at radius 3 is 2.11 bits per heavy atom. The van der Waals surface area contributed by atoms with Crippen molar-refractivity contribution >= 4 is 17.5 Å². The highest BCUT2D eigenvalue weighted by Gasteiger charge is 2.28. The quantitative estimate of drug-likeness (QED) is 0.538. The Morgan fingerprint density at radius 1 is 1.04 bits per heavy atom. The van der Waals surface area contributed by atoms with Crippen molar-refractivity contribution in [3.8, 4) is 0 Å². The van der Waals surface area contributed by atoms with Crippen LogP contribution in [0.2, 0.25) is 0 Å². The highest BCUT2D eigenvalue weighted by Crippen LogP contribution is 2.23. The van der Waals surface area contributed by atoms with Gasteiger partial charge in [-0.3, -0.25) is 9.69 Å². The second-order valence-electron chi connectivity index (χ2n) is 7.36. The van der Waals surface area contributed by atoms with Crippen molar-refractivity contribution in [2.75, 3.05) is 32.6 Å². The first-order valence-corrected chi connectivity index (χ1v) is 10.7. The summed E-state index contributed by atoms with van der Waals surface area (Å²) in [5.41, 5.74) is 2.41. The van der Waals surface area contributed by atoms with Crippen LogP contribution in [0.3, 0.4) is 0 Å². The Labute approximate surface area is 168 Å². The van der Waals surface area contributed by atoms with E-state index in [0.717, 1.165) is 38.3 Å². The summed E-state index contributed by atoms with van der Waals surface area (Å²) >= 11 is 1.80. The molecule has 0 atom stereocenters. The van der Waals surface area contributed by atoms with Crippen molar-refractivity contribution in [2.45, 2.75) is 37.6 Å². The molecule has 0 spiro atoms. The Morgan fingerprint density at radius 2 is 1.63 bits per heavy atom. The van der Waals surface area contributed by atoms with E-state index in [9.17, 15) is 4.79 Å². The van der Waals surface area contributed by atoms with Gasteiger partial charge in [-0.15, -0.1) is 11.8 Å². The smallest absolute Gasteiger partial charge is 0.159 e. The third-order valence-corrected chi connectivity index (χ3v) is 5.59. The lowest BCUT2D eigenvalue weighted by Crippen LogP contribution is -2.51. The van der Waals surface area contributed by atoms with Crippen molar-refractivity contribution in [3.63, 3.8) is 0 Å². The summed E-state index contributed by atoms with van der Waals surface area (Å²) in [6.45, 7) is 10.1. The molecule has 0 bridgehead atoms. The second-order valence-corrected chi connectivity index (χ2v) is 8.24. The molecule has 1 saturated heterocycles. The van der Waals surface area contributed by atoms with Crippen LogP contribution in [0.4, 0.5) is 0 Å². The number of rotatable bonds is 5. The number of ether oxygens (including phenoxy) is 1. The van der Waals surface area contributed by atoms with Crippen molar-refractivity contribution in [2.24, 2.45) is 0 Å². The van der Waals surface area contributed by atoms with Gasteiger partial charge in [-0.05, 0) is 51.1 Å². The van der Waals surface area contributed by atoms with Crippen LogP contribution in [0, 0.1) is 0 Å². The number of Topliss-reactive ketones (excluding diaryl/α,β-unsaturated/α-hetero) is 1. The zero-order chi connectivity index (χ0) is 19.7. The zero-order valence-electron chi connectivity index (χ0n) is 16.9. The van der Waals surface area contributed by atoms with E-state index in [1.807, 2.05) is 30.3 Å². The van der Waals surface area contributed by atoms with Crippen LogP contribution in [-0.2, 0) is 11.2 Å². The molecule has 0 amide bonds. The molecule has 3 nitrogen and oxygen atoms in total. The topological polar surface area (TPSA) is 29.5 Å². The van der Waals surface area contributed by atoms with Gasteiger partial charge in [0.2, 0.25) is 0 Å². The lowest BCUT2D eigenvalue weighted by molar-refractivity contribution is -0.00984. The third-order valence-electron chi connectivity index (χ3n) is 4.84. The summed E-state index contributed by atoms with van der Waals surface area (Å²) < 4.78 is 5.43. The largest absolute Gasteiger partial charge is 0.379 e. The molecule has 0 aromatic heterocycles. The first-order valence-electron chi connectivity index (χ1n) is 9.44. The van der Waals surface area contributed by atoms with Gasteiger partial charge in [0, 0.05) is 29.1 Å². The minimum Gasteiger partial charge on any atom is -0.379 e. The van der Waals surface area contributed by atoms with E-state index < -0.39 is 0 Å². The molecule has 2 aromatic carbocycles. The molecule has 1 fully saturated rings. The van der Waals surface area contributed by atoms with Crippen LogP contribution in [0.5, 0.6) is 0 Å². The lowest BCUT2D eigenvalue weighted by Gasteiger charge is -2.41. The van der Waals surface area contributed by atoms with Crippen LogP contribution in [0.25, 0.3) is 0 Å². The average Bonchev–Trinajstić information content (AvgIpc) is 2.70. The maximum Gasteiger partial charge on any atom is 0.159 e. The Hall–Kier alpha value is -1.62. The number of ketones is 1. The monoisotopic (exact) mass is 385 g/mol. The number of morpholine rings is 1. The molecule has 4 heteroatoms. The Bertz CT molecular complexity index is 692. The molecule has 1 heterocycles. The van der Waals surface area contributed by atoms with Gasteiger partial charge < -0.3 is 4.74 Å². The molecule has 0 radical (unpaired) electrons. The van der Waals surface area contributed by atoms with Gasteiger partial charge in [0.1, 0.15) is 0 Å². The number of carbonyl (C=O) groups is 1. The van der Waals surface area contributed by atoms with E-state index in [-0.39, 0.29) is 11.3 Å². The summed E-state index contributed by atoms with van der Waals surface area (Å²) in [5.74, 6) is 0.121. The summed E-state index contributed by atoms with van der Waals surface area (Å²) in [5, 5.41) is 0. The van der Waals surface area contributed by atoms with E-state index in [2.05, 4.69) is 49.3 Å². The van der Waals surface area contributed by atoms with Gasteiger partial charge in [-0.2, -0.15) is 0 Å². The Kier molecular flexibility index (Phi) is 8.55. The number of benzene rings is 2. The van der Waals surface area contributed by atoms with Gasteiger partial charge in [0.05, 0.1) is 13.2 Å². The fourth-order valence-corrected chi connectivity index (χ4v) is 3.60. The van der Waals surface area contributed by atoms with Crippen molar-refractivity contribution in [1.82, 2.24) is 4.90 Å². The van der Waals surface area contributed by atoms with E-state index in [0.29, 0.717) is 0 Å².